The van der Waals surface area contributed by atoms with Gasteiger partial charge in [-0.15, -0.1) is 0 Å². The summed E-state index contributed by atoms with van der Waals surface area (Å²) in [5.74, 6) is -0.969. The summed E-state index contributed by atoms with van der Waals surface area (Å²) in [6, 6.07) is 0.0757. The van der Waals surface area contributed by atoms with Crippen molar-refractivity contribution < 1.29 is 24.5 Å². The minimum Gasteiger partial charge on any atom is -0.462 e. The molecule has 0 aromatic rings. The van der Waals surface area contributed by atoms with E-state index in [2.05, 4.69) is 18.7 Å². The predicted octanol–water partition coefficient (Wildman–Crippen LogP) is 1.19. The van der Waals surface area contributed by atoms with Gasteiger partial charge in [0, 0.05) is 36.9 Å². The zero-order valence-corrected chi connectivity index (χ0v) is 17.1. The SMILES string of the molecule is CCN1C[C@]2(C)CCC(OC)C34C5CC6CC[C@@](O)(C5C(=O)O6)C([C@@H](O)C32)[C@@H]14. The average Bonchev–Trinajstić information content (AvgIpc) is 2.73. The summed E-state index contributed by atoms with van der Waals surface area (Å²) < 4.78 is 11.9. The normalized spacial score (nSPS) is 61.8. The van der Waals surface area contributed by atoms with Gasteiger partial charge < -0.3 is 19.7 Å². The standard InChI is InChI=1S/C22H33NO5/c1-4-23-10-20(2)7-6-13(27-3)22-12-9-11-5-8-21(26,14(12)19(25)28-11)15(18(22)23)16(24)17(20)22/h11-18,24,26H,4-10H2,1-3H3/t11?,12?,13?,14?,15?,16-,17?,18-,20+,21-,22?/m1/s1. The number of aliphatic hydroxyl groups excluding tert-OH is 1. The minimum absolute atomic E-state index is 0.0123. The van der Waals surface area contributed by atoms with Crippen LogP contribution in [-0.2, 0) is 14.3 Å². The number of hydrogen-bond acceptors (Lipinski definition) is 6. The Morgan fingerprint density at radius 1 is 1.32 bits per heavy atom. The molecule has 4 aliphatic carbocycles. The lowest BCUT2D eigenvalue weighted by Gasteiger charge is -2.69. The molecule has 6 heteroatoms. The lowest BCUT2D eigenvalue weighted by molar-refractivity contribution is -0.269. The molecule has 6 nitrogen and oxygen atoms in total. The van der Waals surface area contributed by atoms with E-state index in [0.29, 0.717) is 12.8 Å². The molecule has 1 spiro atoms. The Morgan fingerprint density at radius 2 is 2.11 bits per heavy atom. The third-order valence-corrected chi connectivity index (χ3v) is 10.1. The fourth-order valence-corrected chi connectivity index (χ4v) is 9.64. The Hall–Kier alpha value is -0.690. The van der Waals surface area contributed by atoms with Gasteiger partial charge in [0.05, 0.1) is 23.7 Å². The van der Waals surface area contributed by atoms with Gasteiger partial charge in [0.1, 0.15) is 6.10 Å². The number of ether oxygens (including phenoxy) is 2. The molecule has 3 aliphatic heterocycles. The van der Waals surface area contributed by atoms with Gasteiger partial charge >= 0.3 is 5.97 Å². The smallest absolute Gasteiger partial charge is 0.312 e. The van der Waals surface area contributed by atoms with Crippen LogP contribution in [0.5, 0.6) is 0 Å². The largest absolute Gasteiger partial charge is 0.462 e. The second-order valence-corrected chi connectivity index (χ2v) is 10.8. The van der Waals surface area contributed by atoms with E-state index >= 15 is 0 Å². The first kappa shape index (κ1) is 18.1. The lowest BCUT2D eigenvalue weighted by Crippen LogP contribution is -2.76. The van der Waals surface area contributed by atoms with Gasteiger partial charge in [0.25, 0.3) is 0 Å². The molecular weight excluding hydrogens is 358 g/mol. The molecule has 2 N–H and O–H groups in total. The Morgan fingerprint density at radius 3 is 2.82 bits per heavy atom. The highest BCUT2D eigenvalue weighted by atomic mass is 16.5. The monoisotopic (exact) mass is 391 g/mol. The van der Waals surface area contributed by atoms with E-state index in [1.54, 1.807) is 7.11 Å². The fourth-order valence-electron chi connectivity index (χ4n) is 9.64. The summed E-state index contributed by atoms with van der Waals surface area (Å²) in [4.78, 5) is 15.6. The highest BCUT2D eigenvalue weighted by molar-refractivity contribution is 5.77. The summed E-state index contributed by atoms with van der Waals surface area (Å²) in [5, 5.41) is 23.9. The van der Waals surface area contributed by atoms with E-state index in [1.807, 2.05) is 0 Å². The van der Waals surface area contributed by atoms with Gasteiger partial charge in [-0.3, -0.25) is 9.69 Å². The van der Waals surface area contributed by atoms with Crippen molar-refractivity contribution in [2.75, 3.05) is 20.2 Å². The van der Waals surface area contributed by atoms with Gasteiger partial charge in [0.15, 0.2) is 0 Å². The Kier molecular flexibility index (Phi) is 3.44. The third kappa shape index (κ3) is 1.68. The van der Waals surface area contributed by atoms with Crippen LogP contribution in [0.4, 0.5) is 0 Å². The molecule has 156 valence electrons. The van der Waals surface area contributed by atoms with Gasteiger partial charge in [-0.25, -0.2) is 0 Å². The number of piperidine rings is 1. The van der Waals surface area contributed by atoms with Gasteiger partial charge in [0.2, 0.25) is 0 Å². The first-order valence-electron chi connectivity index (χ1n) is 11.2. The number of carbonyl (C=O) groups excluding carboxylic acids is 1. The highest BCUT2D eigenvalue weighted by Gasteiger charge is 2.84. The van der Waals surface area contributed by atoms with Crippen molar-refractivity contribution in [3.8, 4) is 0 Å². The topological polar surface area (TPSA) is 79.2 Å². The fraction of sp³-hybridized carbons (Fsp3) is 0.955. The first-order chi connectivity index (χ1) is 13.3. The van der Waals surface area contributed by atoms with E-state index in [1.165, 1.54) is 0 Å². The molecule has 0 aromatic heterocycles. The molecule has 0 aromatic carbocycles. The predicted molar refractivity (Wildman–Crippen MR) is 100 cm³/mol. The van der Waals surface area contributed by atoms with Crippen LogP contribution in [0.25, 0.3) is 0 Å². The van der Waals surface area contributed by atoms with Crippen LogP contribution >= 0.6 is 0 Å². The molecule has 3 heterocycles. The molecule has 11 atom stereocenters. The molecule has 3 saturated heterocycles. The lowest BCUT2D eigenvalue weighted by atomic mass is 9.42. The molecule has 4 saturated carbocycles. The van der Waals surface area contributed by atoms with Crippen LogP contribution in [0.1, 0.15) is 46.0 Å². The van der Waals surface area contributed by atoms with Crippen LogP contribution in [0.2, 0.25) is 0 Å². The van der Waals surface area contributed by atoms with E-state index in [-0.39, 0.29) is 52.8 Å². The molecule has 0 radical (unpaired) electrons. The van der Waals surface area contributed by atoms with Gasteiger partial charge in [-0.1, -0.05) is 13.8 Å². The first-order valence-corrected chi connectivity index (χ1v) is 11.2. The molecule has 7 aliphatic rings. The molecular formula is C22H33NO5. The molecule has 0 amide bonds. The second-order valence-electron chi connectivity index (χ2n) is 10.8. The van der Waals surface area contributed by atoms with Crippen LogP contribution in [0, 0.1) is 34.5 Å². The number of aliphatic hydroxyl groups is 2. The molecule has 28 heavy (non-hydrogen) atoms. The van der Waals surface area contributed by atoms with Gasteiger partial charge in [-0.2, -0.15) is 0 Å². The van der Waals surface area contributed by atoms with Crippen molar-refractivity contribution in [3.05, 3.63) is 0 Å². The maximum atomic E-state index is 13.1. The zero-order chi connectivity index (χ0) is 19.6. The van der Waals surface area contributed by atoms with Crippen molar-refractivity contribution in [1.29, 1.82) is 0 Å². The number of likely N-dealkylation sites (tertiary alicyclic amines) is 1. The number of rotatable bonds is 2. The van der Waals surface area contributed by atoms with Crippen LogP contribution < -0.4 is 0 Å². The van der Waals surface area contributed by atoms with E-state index < -0.39 is 17.6 Å². The summed E-state index contributed by atoms with van der Waals surface area (Å²) in [6.45, 7) is 6.38. The molecule has 7 rings (SSSR count). The Labute approximate surface area is 166 Å². The van der Waals surface area contributed by atoms with E-state index in [0.717, 1.165) is 32.4 Å². The van der Waals surface area contributed by atoms with E-state index in [4.69, 9.17) is 9.47 Å². The third-order valence-electron chi connectivity index (χ3n) is 10.1. The van der Waals surface area contributed by atoms with Gasteiger partial charge in [-0.05, 0) is 50.0 Å². The number of hydrogen-bond donors (Lipinski definition) is 2. The van der Waals surface area contributed by atoms with E-state index in [9.17, 15) is 15.0 Å². The molecule has 9 bridgehead atoms. The van der Waals surface area contributed by atoms with Crippen LogP contribution in [0.15, 0.2) is 0 Å². The van der Waals surface area contributed by atoms with Crippen molar-refractivity contribution in [1.82, 2.24) is 4.90 Å². The molecule has 7 fully saturated rings. The number of carbonyl (C=O) groups is 1. The maximum absolute atomic E-state index is 13.1. The summed E-state index contributed by atoms with van der Waals surface area (Å²) in [7, 11) is 1.79. The second kappa shape index (κ2) is 5.32. The van der Waals surface area contributed by atoms with Crippen molar-refractivity contribution >= 4 is 5.97 Å². The average molecular weight is 392 g/mol. The Balaban J connectivity index is 1.66. The Bertz CT molecular complexity index is 730. The summed E-state index contributed by atoms with van der Waals surface area (Å²) in [5.41, 5.74) is -1.46. The van der Waals surface area contributed by atoms with Crippen molar-refractivity contribution in [2.45, 2.75) is 75.9 Å². The van der Waals surface area contributed by atoms with Crippen LogP contribution in [0.3, 0.4) is 0 Å². The summed E-state index contributed by atoms with van der Waals surface area (Å²) >= 11 is 0. The minimum atomic E-state index is -1.17. The quantitative estimate of drug-likeness (QED) is 0.689. The zero-order valence-electron chi connectivity index (χ0n) is 17.1. The highest BCUT2D eigenvalue weighted by Crippen LogP contribution is 2.77. The summed E-state index contributed by atoms with van der Waals surface area (Å²) in [6.07, 6.45) is 3.38. The molecule has 7 unspecified atom stereocenters. The van der Waals surface area contributed by atoms with Crippen molar-refractivity contribution in [2.24, 2.45) is 34.5 Å². The maximum Gasteiger partial charge on any atom is 0.312 e. The number of methoxy groups -OCH3 is 1. The number of nitrogens with zero attached hydrogens (tertiary/aromatic N) is 1. The number of esters is 1. The van der Waals surface area contributed by atoms with Crippen molar-refractivity contribution in [3.63, 3.8) is 0 Å². The number of fused-ring (bicyclic) bond motifs is 2. The van der Waals surface area contributed by atoms with Crippen LogP contribution in [-0.4, -0.2) is 71.2 Å².